The fraction of sp³-hybridized carbons (Fsp3) is 0.588. The van der Waals surface area contributed by atoms with E-state index in [4.69, 9.17) is 4.74 Å². The van der Waals surface area contributed by atoms with Crippen molar-refractivity contribution in [2.45, 2.75) is 18.9 Å². The lowest BCUT2D eigenvalue weighted by Crippen LogP contribution is -2.57. The SMILES string of the molecule is CN1CCOc2c(C(=O)NC3CN4CCC3CC4)cc(Br)cc21. The highest BCUT2D eigenvalue weighted by Crippen LogP contribution is 2.37. The smallest absolute Gasteiger partial charge is 0.255 e. The van der Waals surface area contributed by atoms with Crippen LogP contribution in [-0.4, -0.2) is 56.7 Å². The van der Waals surface area contributed by atoms with E-state index >= 15 is 0 Å². The lowest BCUT2D eigenvalue weighted by molar-refractivity contribution is 0.0618. The summed E-state index contributed by atoms with van der Waals surface area (Å²) in [7, 11) is 2.03. The van der Waals surface area contributed by atoms with Crippen LogP contribution in [0.4, 0.5) is 5.69 Å². The molecule has 0 aliphatic carbocycles. The van der Waals surface area contributed by atoms with Gasteiger partial charge in [-0.3, -0.25) is 4.79 Å². The maximum Gasteiger partial charge on any atom is 0.255 e. The third kappa shape index (κ3) is 2.83. The molecule has 1 aromatic rings. The van der Waals surface area contributed by atoms with Crippen LogP contribution in [-0.2, 0) is 0 Å². The van der Waals surface area contributed by atoms with Crippen LogP contribution in [0.3, 0.4) is 0 Å². The molecule has 0 aromatic heterocycles. The number of carbonyl (C=O) groups is 1. The number of hydrogen-bond donors (Lipinski definition) is 1. The van der Waals surface area contributed by atoms with E-state index < -0.39 is 0 Å². The van der Waals surface area contributed by atoms with Crippen LogP contribution in [0.15, 0.2) is 16.6 Å². The molecule has 3 fully saturated rings. The van der Waals surface area contributed by atoms with E-state index in [1.807, 2.05) is 19.2 Å². The maximum absolute atomic E-state index is 12.9. The van der Waals surface area contributed by atoms with Gasteiger partial charge in [0.25, 0.3) is 5.91 Å². The molecule has 124 valence electrons. The van der Waals surface area contributed by atoms with Crippen molar-refractivity contribution in [2.75, 3.05) is 44.7 Å². The Balaban J connectivity index is 1.59. The quantitative estimate of drug-likeness (QED) is 0.854. The van der Waals surface area contributed by atoms with Crippen molar-refractivity contribution in [3.8, 4) is 5.75 Å². The van der Waals surface area contributed by atoms with Crippen molar-refractivity contribution in [1.29, 1.82) is 0 Å². The van der Waals surface area contributed by atoms with Crippen LogP contribution < -0.4 is 15.0 Å². The summed E-state index contributed by atoms with van der Waals surface area (Å²) in [6.45, 7) is 4.79. The average molecular weight is 380 g/mol. The fourth-order valence-corrected chi connectivity index (χ4v) is 4.41. The summed E-state index contributed by atoms with van der Waals surface area (Å²) < 4.78 is 6.73. The maximum atomic E-state index is 12.9. The van der Waals surface area contributed by atoms with Gasteiger partial charge in [0.05, 0.1) is 17.8 Å². The molecule has 5 rings (SSSR count). The number of carbonyl (C=O) groups excluding carboxylic acids is 1. The number of anilines is 1. The van der Waals surface area contributed by atoms with E-state index in [-0.39, 0.29) is 11.9 Å². The molecule has 2 bridgehead atoms. The Labute approximate surface area is 145 Å². The Morgan fingerprint density at radius 2 is 2.09 bits per heavy atom. The van der Waals surface area contributed by atoms with Crippen LogP contribution in [0.5, 0.6) is 5.75 Å². The Kier molecular flexibility index (Phi) is 3.97. The highest BCUT2D eigenvalue weighted by Gasteiger charge is 2.35. The summed E-state index contributed by atoms with van der Waals surface area (Å²) in [5.41, 5.74) is 1.61. The van der Waals surface area contributed by atoms with Gasteiger partial charge in [-0.2, -0.15) is 0 Å². The van der Waals surface area contributed by atoms with Crippen LogP contribution in [0.25, 0.3) is 0 Å². The standard InChI is InChI=1S/C17H22BrN3O2/c1-20-6-7-23-16-13(8-12(18)9-15(16)20)17(22)19-14-10-21-4-2-11(14)3-5-21/h8-9,11,14H,2-7,10H2,1H3,(H,19,22). The zero-order valence-corrected chi connectivity index (χ0v) is 14.9. The summed E-state index contributed by atoms with van der Waals surface area (Å²) in [5.74, 6) is 1.31. The number of likely N-dealkylation sites (N-methyl/N-ethyl adjacent to an activating group) is 1. The number of piperidine rings is 3. The first-order chi connectivity index (χ1) is 11.1. The van der Waals surface area contributed by atoms with E-state index in [0.29, 0.717) is 23.8 Å². The van der Waals surface area contributed by atoms with Gasteiger partial charge in [-0.05, 0) is 44.0 Å². The molecule has 23 heavy (non-hydrogen) atoms. The largest absolute Gasteiger partial charge is 0.489 e. The van der Waals surface area contributed by atoms with Crippen LogP contribution in [0.1, 0.15) is 23.2 Å². The van der Waals surface area contributed by atoms with Gasteiger partial charge < -0.3 is 19.9 Å². The molecular weight excluding hydrogens is 358 g/mol. The second kappa shape index (κ2) is 5.98. The number of nitrogens with zero attached hydrogens (tertiary/aromatic N) is 2. The molecule has 5 nitrogen and oxygen atoms in total. The number of fused-ring (bicyclic) bond motifs is 4. The molecule has 4 heterocycles. The lowest BCUT2D eigenvalue weighted by atomic mass is 9.84. The predicted molar refractivity (Wildman–Crippen MR) is 93.3 cm³/mol. The zero-order valence-electron chi connectivity index (χ0n) is 13.3. The minimum absolute atomic E-state index is 0.0170. The minimum atomic E-state index is -0.0170. The molecule has 1 atom stereocenters. The molecule has 6 heteroatoms. The number of rotatable bonds is 2. The highest BCUT2D eigenvalue weighted by atomic mass is 79.9. The number of ether oxygens (including phenoxy) is 1. The molecule has 4 aliphatic heterocycles. The first-order valence-electron chi connectivity index (χ1n) is 8.32. The van der Waals surface area contributed by atoms with Crippen molar-refractivity contribution in [3.05, 3.63) is 22.2 Å². The summed E-state index contributed by atoms with van der Waals surface area (Å²) >= 11 is 3.52. The third-order valence-corrected chi connectivity index (χ3v) is 5.79. The number of nitrogens with one attached hydrogen (secondary N) is 1. The third-order valence-electron chi connectivity index (χ3n) is 5.34. The first kappa shape index (κ1) is 15.3. The summed E-state index contributed by atoms with van der Waals surface area (Å²) in [5, 5.41) is 3.26. The van der Waals surface area contributed by atoms with Crippen molar-refractivity contribution >= 4 is 27.5 Å². The number of halogens is 1. The zero-order chi connectivity index (χ0) is 16.0. The second-order valence-corrected chi connectivity index (χ2v) is 7.71. The molecular formula is C17H22BrN3O2. The van der Waals surface area contributed by atoms with Gasteiger partial charge in [0.15, 0.2) is 5.75 Å². The van der Waals surface area contributed by atoms with Gasteiger partial charge in [0, 0.05) is 24.1 Å². The molecule has 1 unspecified atom stereocenters. The van der Waals surface area contributed by atoms with E-state index in [1.165, 1.54) is 25.9 Å². The van der Waals surface area contributed by atoms with E-state index in [0.717, 1.165) is 23.2 Å². The Bertz CT molecular complexity index is 629. The molecule has 1 aromatic carbocycles. The fourth-order valence-electron chi connectivity index (χ4n) is 3.96. The molecule has 0 spiro atoms. The average Bonchev–Trinajstić information content (AvgIpc) is 2.56. The van der Waals surface area contributed by atoms with Gasteiger partial charge in [-0.1, -0.05) is 15.9 Å². The molecule has 4 aliphatic rings. The summed E-state index contributed by atoms with van der Waals surface area (Å²) in [6, 6.07) is 4.15. The molecule has 0 saturated carbocycles. The monoisotopic (exact) mass is 379 g/mol. The molecule has 1 N–H and O–H groups in total. The number of amides is 1. The van der Waals surface area contributed by atoms with Crippen LogP contribution in [0.2, 0.25) is 0 Å². The van der Waals surface area contributed by atoms with Gasteiger partial charge in [-0.15, -0.1) is 0 Å². The Morgan fingerprint density at radius 1 is 1.30 bits per heavy atom. The van der Waals surface area contributed by atoms with Gasteiger partial charge in [0.1, 0.15) is 6.61 Å². The van der Waals surface area contributed by atoms with Crippen LogP contribution in [0, 0.1) is 5.92 Å². The lowest BCUT2D eigenvalue weighted by Gasteiger charge is -2.45. The summed E-state index contributed by atoms with van der Waals surface area (Å²) in [6.07, 6.45) is 2.39. The van der Waals surface area contributed by atoms with Crippen LogP contribution >= 0.6 is 15.9 Å². The van der Waals surface area contributed by atoms with E-state index in [1.54, 1.807) is 0 Å². The predicted octanol–water partition coefficient (Wildman–Crippen LogP) is 2.10. The Hall–Kier alpha value is -1.27. The molecule has 3 saturated heterocycles. The van der Waals surface area contributed by atoms with Gasteiger partial charge in [-0.25, -0.2) is 0 Å². The van der Waals surface area contributed by atoms with Gasteiger partial charge in [0.2, 0.25) is 0 Å². The van der Waals surface area contributed by atoms with E-state index in [9.17, 15) is 4.79 Å². The van der Waals surface area contributed by atoms with Crippen molar-refractivity contribution in [1.82, 2.24) is 10.2 Å². The van der Waals surface area contributed by atoms with Crippen molar-refractivity contribution in [2.24, 2.45) is 5.92 Å². The minimum Gasteiger partial charge on any atom is -0.489 e. The van der Waals surface area contributed by atoms with E-state index in [2.05, 4.69) is 31.0 Å². The number of hydrogen-bond acceptors (Lipinski definition) is 4. The Morgan fingerprint density at radius 3 is 2.78 bits per heavy atom. The summed E-state index contributed by atoms with van der Waals surface area (Å²) in [4.78, 5) is 17.5. The molecule has 1 amide bonds. The number of benzene rings is 1. The second-order valence-electron chi connectivity index (χ2n) is 6.79. The molecule has 0 radical (unpaired) electrons. The normalized spacial score (nSPS) is 29.0. The topological polar surface area (TPSA) is 44.8 Å². The highest BCUT2D eigenvalue weighted by molar-refractivity contribution is 9.10. The van der Waals surface area contributed by atoms with Gasteiger partial charge >= 0.3 is 0 Å². The van der Waals surface area contributed by atoms with Crippen molar-refractivity contribution in [3.63, 3.8) is 0 Å². The van der Waals surface area contributed by atoms with Crippen molar-refractivity contribution < 1.29 is 9.53 Å². The first-order valence-corrected chi connectivity index (χ1v) is 9.12.